The molecule has 0 bridgehead atoms. The maximum atomic E-state index is 12.5. The van der Waals surface area contributed by atoms with Gasteiger partial charge in [0.25, 0.3) is 0 Å². The van der Waals surface area contributed by atoms with Crippen LogP contribution in [0.3, 0.4) is 0 Å². The molecule has 0 atom stereocenters. The molecule has 0 fully saturated rings. The van der Waals surface area contributed by atoms with E-state index in [1.807, 2.05) is 6.07 Å². The zero-order valence-electron chi connectivity index (χ0n) is 13.2. The molecule has 0 saturated heterocycles. The highest BCUT2D eigenvalue weighted by Gasteiger charge is 2.11. The van der Waals surface area contributed by atoms with Gasteiger partial charge in [-0.25, -0.2) is 0 Å². The molecule has 3 aromatic rings. The summed E-state index contributed by atoms with van der Waals surface area (Å²) in [5.41, 5.74) is 1.50. The minimum absolute atomic E-state index is 0.00724. The number of carbonyl (C=O) groups is 1. The van der Waals surface area contributed by atoms with Crippen LogP contribution in [0.2, 0.25) is 20.1 Å². The molecule has 1 aromatic heterocycles. The smallest absolute Gasteiger partial charge is 0.177 e. The number of hydrogen-bond acceptors (Lipinski definition) is 2. The van der Waals surface area contributed by atoms with Crippen molar-refractivity contribution >= 4 is 63.5 Å². The maximum absolute atomic E-state index is 12.5. The number of thiophene rings is 1. The van der Waals surface area contributed by atoms with E-state index in [9.17, 15) is 4.79 Å². The molecule has 2 aromatic carbocycles. The van der Waals surface area contributed by atoms with Gasteiger partial charge in [0.1, 0.15) is 0 Å². The van der Waals surface area contributed by atoms with Gasteiger partial charge in [-0.1, -0.05) is 58.2 Å². The molecule has 26 heavy (non-hydrogen) atoms. The van der Waals surface area contributed by atoms with Crippen molar-refractivity contribution in [2.75, 3.05) is 0 Å². The molecule has 0 spiro atoms. The molecule has 6 heteroatoms. The summed E-state index contributed by atoms with van der Waals surface area (Å²) in [5.74, 6) is 6.03. The molecule has 130 valence electrons. The van der Waals surface area contributed by atoms with Gasteiger partial charge in [-0.3, -0.25) is 4.79 Å². The summed E-state index contributed by atoms with van der Waals surface area (Å²) in [6, 6.07) is 13.8. The highest BCUT2D eigenvalue weighted by Crippen LogP contribution is 2.23. The third-order valence-electron chi connectivity index (χ3n) is 3.36. The Bertz CT molecular complexity index is 1000. The second-order valence-electron chi connectivity index (χ2n) is 5.45. The molecular formula is C20H10Cl4OS. The number of halogens is 4. The minimum Gasteiger partial charge on any atom is -0.293 e. The third-order valence-corrected chi connectivity index (χ3v) is 5.28. The second-order valence-corrected chi connectivity index (χ2v) is 8.28. The minimum atomic E-state index is -0.00724. The van der Waals surface area contributed by atoms with Gasteiger partial charge in [0, 0.05) is 32.1 Å². The predicted molar refractivity (Wildman–Crippen MR) is 111 cm³/mol. The molecule has 1 nitrogen and oxygen atoms in total. The lowest BCUT2D eigenvalue weighted by molar-refractivity contribution is 0.0997. The molecule has 3 rings (SSSR count). The first-order valence-electron chi connectivity index (χ1n) is 7.45. The van der Waals surface area contributed by atoms with Gasteiger partial charge in [0.2, 0.25) is 0 Å². The average molecular weight is 440 g/mol. The fourth-order valence-corrected chi connectivity index (χ4v) is 4.19. The van der Waals surface area contributed by atoms with Gasteiger partial charge in [-0.2, -0.15) is 0 Å². The molecule has 1 heterocycles. The summed E-state index contributed by atoms with van der Waals surface area (Å²) in [5, 5.41) is 2.09. The zero-order chi connectivity index (χ0) is 18.7. The normalized spacial score (nSPS) is 10.3. The predicted octanol–water partition coefficient (Wildman–Crippen LogP) is 7.19. The van der Waals surface area contributed by atoms with Crippen LogP contribution in [0.5, 0.6) is 0 Å². The maximum Gasteiger partial charge on any atom is 0.177 e. The molecular weight excluding hydrogens is 430 g/mol. The van der Waals surface area contributed by atoms with E-state index in [1.54, 1.807) is 42.5 Å². The Hall–Kier alpha value is -1.47. The van der Waals surface area contributed by atoms with Crippen molar-refractivity contribution in [1.82, 2.24) is 0 Å². The van der Waals surface area contributed by atoms with Crippen LogP contribution < -0.4 is 0 Å². The van der Waals surface area contributed by atoms with Gasteiger partial charge in [-0.05, 0) is 54.1 Å². The standard InChI is InChI=1S/C20H10Cl4OS/c21-14-5-12(6-15(22)10-14)1-2-18-3-4-20(26-18)19(25)9-13-7-16(23)11-17(24)8-13/h3-8,10-11H,9H2. The van der Waals surface area contributed by atoms with Crippen molar-refractivity contribution in [3.05, 3.63) is 89.5 Å². The van der Waals surface area contributed by atoms with Gasteiger partial charge in [0.05, 0.1) is 9.75 Å². The number of hydrogen-bond donors (Lipinski definition) is 0. The van der Waals surface area contributed by atoms with E-state index in [4.69, 9.17) is 46.4 Å². The number of ketones is 1. The van der Waals surface area contributed by atoms with E-state index in [0.29, 0.717) is 25.0 Å². The van der Waals surface area contributed by atoms with Crippen LogP contribution >= 0.6 is 57.7 Å². The van der Waals surface area contributed by atoms with Crippen LogP contribution in [0.4, 0.5) is 0 Å². The number of benzene rings is 2. The van der Waals surface area contributed by atoms with E-state index < -0.39 is 0 Å². The molecule has 0 N–H and O–H groups in total. The Morgan fingerprint density at radius 1 is 0.808 bits per heavy atom. The van der Waals surface area contributed by atoms with Crippen LogP contribution in [-0.4, -0.2) is 5.78 Å². The Kier molecular flexibility index (Phi) is 6.29. The van der Waals surface area contributed by atoms with Gasteiger partial charge >= 0.3 is 0 Å². The molecule has 0 radical (unpaired) electrons. The second kappa shape index (κ2) is 8.48. The van der Waals surface area contributed by atoms with E-state index in [0.717, 1.165) is 16.0 Å². The lowest BCUT2D eigenvalue weighted by Gasteiger charge is -2.01. The summed E-state index contributed by atoms with van der Waals surface area (Å²) in [6.07, 6.45) is 0.234. The van der Waals surface area contributed by atoms with Gasteiger partial charge in [0.15, 0.2) is 5.78 Å². The fraction of sp³-hybridized carbons (Fsp3) is 0.0500. The molecule has 0 aliphatic rings. The monoisotopic (exact) mass is 438 g/mol. The first-order chi connectivity index (χ1) is 12.4. The Morgan fingerprint density at radius 3 is 2.00 bits per heavy atom. The van der Waals surface area contributed by atoms with E-state index in [2.05, 4.69) is 11.8 Å². The van der Waals surface area contributed by atoms with E-state index >= 15 is 0 Å². The first kappa shape index (κ1) is 19.3. The summed E-state index contributed by atoms with van der Waals surface area (Å²) in [7, 11) is 0. The summed E-state index contributed by atoms with van der Waals surface area (Å²) < 4.78 is 0. The lowest BCUT2D eigenvalue weighted by Crippen LogP contribution is -2.01. The largest absolute Gasteiger partial charge is 0.293 e. The number of Topliss-reactive ketones (excluding diaryl/α,β-unsaturated/α-hetero) is 1. The highest BCUT2D eigenvalue weighted by atomic mass is 35.5. The molecule has 0 aliphatic heterocycles. The lowest BCUT2D eigenvalue weighted by atomic mass is 10.1. The molecule has 0 unspecified atom stereocenters. The summed E-state index contributed by atoms with van der Waals surface area (Å²) >= 11 is 25.2. The summed E-state index contributed by atoms with van der Waals surface area (Å²) in [4.78, 5) is 13.9. The van der Waals surface area contributed by atoms with Crippen LogP contribution in [0.1, 0.15) is 25.7 Å². The molecule has 0 aliphatic carbocycles. The number of carbonyl (C=O) groups excluding carboxylic acids is 1. The first-order valence-corrected chi connectivity index (χ1v) is 9.78. The quantitative estimate of drug-likeness (QED) is 0.311. The Balaban J connectivity index is 1.75. The van der Waals surface area contributed by atoms with Crippen molar-refractivity contribution < 1.29 is 4.79 Å². The van der Waals surface area contributed by atoms with Gasteiger partial charge < -0.3 is 0 Å². The fourth-order valence-electron chi connectivity index (χ4n) is 2.30. The average Bonchev–Trinajstić information content (AvgIpc) is 3.00. The third kappa shape index (κ3) is 5.27. The van der Waals surface area contributed by atoms with Crippen molar-refractivity contribution in [2.24, 2.45) is 0 Å². The van der Waals surface area contributed by atoms with E-state index in [-0.39, 0.29) is 12.2 Å². The van der Waals surface area contributed by atoms with Crippen molar-refractivity contribution in [3.63, 3.8) is 0 Å². The van der Waals surface area contributed by atoms with Crippen LogP contribution in [-0.2, 0) is 6.42 Å². The van der Waals surface area contributed by atoms with Crippen LogP contribution in [0, 0.1) is 11.8 Å². The van der Waals surface area contributed by atoms with Crippen LogP contribution in [0.15, 0.2) is 48.5 Å². The SMILES string of the molecule is O=C(Cc1cc(Cl)cc(Cl)c1)c1ccc(C#Cc2cc(Cl)cc(Cl)c2)s1. The Morgan fingerprint density at radius 2 is 1.38 bits per heavy atom. The van der Waals surface area contributed by atoms with E-state index in [1.165, 1.54) is 11.3 Å². The van der Waals surface area contributed by atoms with Crippen molar-refractivity contribution in [2.45, 2.75) is 6.42 Å². The van der Waals surface area contributed by atoms with Crippen molar-refractivity contribution in [3.8, 4) is 11.8 Å². The van der Waals surface area contributed by atoms with Gasteiger partial charge in [-0.15, -0.1) is 11.3 Å². The van der Waals surface area contributed by atoms with Crippen LogP contribution in [0.25, 0.3) is 0 Å². The highest BCUT2D eigenvalue weighted by molar-refractivity contribution is 7.14. The summed E-state index contributed by atoms with van der Waals surface area (Å²) in [6.45, 7) is 0. The topological polar surface area (TPSA) is 17.1 Å². The molecule has 0 saturated carbocycles. The molecule has 0 amide bonds. The number of rotatable bonds is 3. The van der Waals surface area contributed by atoms with Crippen molar-refractivity contribution in [1.29, 1.82) is 0 Å². The Labute approximate surface area is 175 Å². The zero-order valence-corrected chi connectivity index (χ0v) is 17.0.